The van der Waals surface area contributed by atoms with Gasteiger partial charge in [0.2, 0.25) is 0 Å². The molecule has 0 rings (SSSR count). The van der Waals surface area contributed by atoms with Gasteiger partial charge in [0.1, 0.15) is 17.9 Å². The molecule has 0 aliphatic heterocycles. The first-order valence-corrected chi connectivity index (χ1v) is 7.97. The number of hydrogen-bond donors (Lipinski definition) is 0. The molecule has 1 nitrogen and oxygen atoms in total. The normalized spacial score (nSPS) is 12.8. The molecule has 0 aliphatic carbocycles. The minimum absolute atomic E-state index is 0.181. The van der Waals surface area contributed by atoms with Crippen molar-refractivity contribution in [2.75, 3.05) is 7.05 Å². The average molecular weight is 171 g/mol. The van der Waals surface area contributed by atoms with Crippen LogP contribution >= 0.6 is 0 Å². The van der Waals surface area contributed by atoms with Crippen LogP contribution in [-0.4, -0.2) is 29.2 Å². The first kappa shape index (κ1) is 9.87. The van der Waals surface area contributed by atoms with E-state index in [-0.39, 0.29) is 9.68 Å². The van der Waals surface area contributed by atoms with Gasteiger partial charge in [-0.05, 0) is 7.05 Å². The molecule has 0 aromatic rings. The third-order valence-corrected chi connectivity index (χ3v) is 8.65. The average Bonchev–Trinajstić information content (AvgIpc) is 1.89. The minimum Gasteiger partial charge on any atom is -0.347 e. The highest BCUT2D eigenvalue weighted by Crippen LogP contribution is 2.05. The molecule has 0 spiro atoms. The van der Waals surface area contributed by atoms with E-state index in [9.17, 15) is 0 Å². The maximum Gasteiger partial charge on any atom is 0.139 e. The van der Waals surface area contributed by atoms with Crippen molar-refractivity contribution in [1.82, 2.24) is 4.23 Å². The number of hydrogen-bond acceptors (Lipinski definition) is 1. The highest BCUT2D eigenvalue weighted by Gasteiger charge is 2.20. The van der Waals surface area contributed by atoms with Gasteiger partial charge in [0.05, 0.1) is 0 Å². The van der Waals surface area contributed by atoms with Crippen molar-refractivity contribution in [2.24, 2.45) is 0 Å². The van der Waals surface area contributed by atoms with E-state index in [4.69, 9.17) is 0 Å². The van der Waals surface area contributed by atoms with Crippen LogP contribution in [0, 0.1) is 0 Å². The lowest BCUT2D eigenvalue weighted by atomic mass is 11.3. The van der Waals surface area contributed by atoms with E-state index < -0.39 is 8.24 Å². The maximum atomic E-state index is 3.84. The Balaban J connectivity index is 4.02. The van der Waals surface area contributed by atoms with Gasteiger partial charge in [-0.1, -0.05) is 24.5 Å². The van der Waals surface area contributed by atoms with Crippen LogP contribution in [0.4, 0.5) is 0 Å². The quantitative estimate of drug-likeness (QED) is 0.572. The Morgan fingerprint density at radius 2 is 1.90 bits per heavy atom. The molecule has 0 N–H and O–H groups in total. The molecule has 0 aromatic heterocycles. The second-order valence-electron chi connectivity index (χ2n) is 3.03. The summed E-state index contributed by atoms with van der Waals surface area (Å²) >= 11 is 0. The van der Waals surface area contributed by atoms with Crippen LogP contribution in [0.2, 0.25) is 13.1 Å². The van der Waals surface area contributed by atoms with Crippen LogP contribution in [0.25, 0.3) is 0 Å². The molecule has 10 heavy (non-hydrogen) atoms. The Labute approximate surface area is 67.4 Å². The lowest BCUT2D eigenvalue weighted by molar-refractivity contribution is 0.816. The van der Waals surface area contributed by atoms with Crippen molar-refractivity contribution in [3.63, 3.8) is 0 Å². The molecule has 0 unspecified atom stereocenters. The van der Waals surface area contributed by atoms with Crippen molar-refractivity contribution in [2.45, 2.75) is 13.1 Å². The van der Waals surface area contributed by atoms with Crippen LogP contribution in [0.5, 0.6) is 0 Å². The Kier molecular flexibility index (Phi) is 3.85. The SMILES string of the molecule is C=C[SiH2]N(C)[Si](C)(C)C=C. The first-order valence-electron chi connectivity index (χ1n) is 3.50. The molecule has 0 atom stereocenters. The second kappa shape index (κ2) is 3.90. The molecule has 0 bridgehead atoms. The summed E-state index contributed by atoms with van der Waals surface area (Å²) in [5.74, 6) is 0. The van der Waals surface area contributed by atoms with Gasteiger partial charge in [0.25, 0.3) is 0 Å². The molecule has 0 saturated carbocycles. The fourth-order valence-electron chi connectivity index (χ4n) is 0.585. The second-order valence-corrected chi connectivity index (χ2v) is 10.0. The summed E-state index contributed by atoms with van der Waals surface area (Å²) in [6.07, 6.45) is 0. The van der Waals surface area contributed by atoms with Gasteiger partial charge in [-0.2, -0.15) is 0 Å². The Morgan fingerprint density at radius 1 is 1.40 bits per heavy atom. The van der Waals surface area contributed by atoms with Gasteiger partial charge in [-0.15, -0.1) is 13.2 Å². The third-order valence-electron chi connectivity index (χ3n) is 1.89. The van der Waals surface area contributed by atoms with E-state index >= 15 is 0 Å². The molecule has 0 aliphatic rings. The van der Waals surface area contributed by atoms with Crippen LogP contribution in [0.15, 0.2) is 24.6 Å². The largest absolute Gasteiger partial charge is 0.347 e. The topological polar surface area (TPSA) is 3.24 Å². The molecule has 0 saturated heterocycles. The summed E-state index contributed by atoms with van der Waals surface area (Å²) < 4.78 is 2.47. The summed E-state index contributed by atoms with van der Waals surface area (Å²) in [4.78, 5) is 0. The van der Waals surface area contributed by atoms with Gasteiger partial charge in [-0.25, -0.2) is 0 Å². The standard InChI is InChI=1S/C7H17NSi2/c1-6-9-8(3)10(4,5)7-2/h6-7H,1-2,9H2,3-5H3. The number of rotatable bonds is 4. The van der Waals surface area contributed by atoms with Gasteiger partial charge < -0.3 is 4.23 Å². The van der Waals surface area contributed by atoms with Crippen LogP contribution < -0.4 is 0 Å². The van der Waals surface area contributed by atoms with Crippen molar-refractivity contribution in [3.8, 4) is 0 Å². The molecule has 0 aromatic carbocycles. The van der Waals surface area contributed by atoms with Crippen molar-refractivity contribution in [1.29, 1.82) is 0 Å². The third kappa shape index (κ3) is 2.64. The Bertz CT molecular complexity index is 132. The summed E-state index contributed by atoms with van der Waals surface area (Å²) in [5.41, 5.74) is 4.18. The van der Waals surface area contributed by atoms with E-state index in [1.54, 1.807) is 0 Å². The molecule has 0 heterocycles. The molecule has 3 heteroatoms. The van der Waals surface area contributed by atoms with E-state index in [0.29, 0.717) is 0 Å². The van der Waals surface area contributed by atoms with Gasteiger partial charge in [-0.3, -0.25) is 0 Å². The summed E-state index contributed by atoms with van der Waals surface area (Å²) in [5, 5.41) is 0. The predicted octanol–water partition coefficient (Wildman–Crippen LogP) is 1.08. The highest BCUT2D eigenvalue weighted by atomic mass is 28.4. The molecule has 0 fully saturated rings. The van der Waals surface area contributed by atoms with Crippen molar-refractivity contribution >= 4 is 17.9 Å². The zero-order valence-corrected chi connectivity index (χ0v) is 9.64. The summed E-state index contributed by atoms with van der Waals surface area (Å²) in [6, 6.07) is 0. The fourth-order valence-corrected chi connectivity index (χ4v) is 3.94. The predicted molar refractivity (Wildman–Crippen MR) is 54.2 cm³/mol. The van der Waals surface area contributed by atoms with Crippen LogP contribution in [-0.2, 0) is 0 Å². The van der Waals surface area contributed by atoms with Crippen LogP contribution in [0.3, 0.4) is 0 Å². The zero-order chi connectivity index (χ0) is 8.20. The maximum absolute atomic E-state index is 3.84. The monoisotopic (exact) mass is 171 g/mol. The Hall–Kier alpha value is -0.126. The fraction of sp³-hybridized carbons (Fsp3) is 0.429. The van der Waals surface area contributed by atoms with E-state index in [1.165, 1.54) is 0 Å². The summed E-state index contributed by atoms with van der Waals surface area (Å²) in [7, 11) is 0.787. The lowest BCUT2D eigenvalue weighted by Gasteiger charge is -2.29. The molecular formula is C7H17NSi2. The van der Waals surface area contributed by atoms with Crippen molar-refractivity contribution < 1.29 is 0 Å². The van der Waals surface area contributed by atoms with Gasteiger partial charge in [0.15, 0.2) is 0 Å². The molecule has 0 amide bonds. The molecular weight excluding hydrogens is 154 g/mol. The highest BCUT2D eigenvalue weighted by molar-refractivity contribution is 6.84. The van der Waals surface area contributed by atoms with Crippen LogP contribution in [0.1, 0.15) is 0 Å². The van der Waals surface area contributed by atoms with E-state index in [2.05, 4.69) is 48.9 Å². The number of nitrogens with zero attached hydrogens (tertiary/aromatic N) is 1. The molecule has 58 valence electrons. The van der Waals surface area contributed by atoms with E-state index in [1.807, 2.05) is 0 Å². The van der Waals surface area contributed by atoms with E-state index in [0.717, 1.165) is 0 Å². The lowest BCUT2D eigenvalue weighted by Crippen LogP contribution is -2.46. The van der Waals surface area contributed by atoms with Gasteiger partial charge >= 0.3 is 0 Å². The van der Waals surface area contributed by atoms with Gasteiger partial charge in [0, 0.05) is 0 Å². The zero-order valence-electron chi connectivity index (χ0n) is 7.22. The van der Waals surface area contributed by atoms with Crippen molar-refractivity contribution in [3.05, 3.63) is 24.6 Å². The smallest absolute Gasteiger partial charge is 0.139 e. The molecule has 0 radical (unpaired) electrons. The summed E-state index contributed by atoms with van der Waals surface area (Å²) in [6.45, 7) is 12.2. The minimum atomic E-state index is -1.21. The Morgan fingerprint density at radius 3 is 2.20 bits per heavy atom. The first-order chi connectivity index (χ1) is 4.54.